The molecular weight excluding hydrogens is 344 g/mol. The van der Waals surface area contributed by atoms with Crippen LogP contribution in [0.15, 0.2) is 53.7 Å². The highest BCUT2D eigenvalue weighted by atomic mass is 32.2. The van der Waals surface area contributed by atoms with Crippen LogP contribution in [0.4, 0.5) is 5.82 Å². The molecule has 0 radical (unpaired) electrons. The first-order chi connectivity index (χ1) is 12.0. The van der Waals surface area contributed by atoms with Crippen molar-refractivity contribution in [2.75, 3.05) is 5.75 Å². The summed E-state index contributed by atoms with van der Waals surface area (Å²) in [6.45, 7) is 8.97. The average molecular weight is 373 g/mol. The fraction of sp³-hybridized carbons (Fsp3) is 0.429. The van der Waals surface area contributed by atoms with Crippen molar-refractivity contribution in [3.63, 3.8) is 0 Å². The molecule has 1 heterocycles. The van der Waals surface area contributed by atoms with E-state index in [9.17, 15) is 0 Å². The van der Waals surface area contributed by atoms with E-state index < -0.39 is 0 Å². The van der Waals surface area contributed by atoms with E-state index in [0.29, 0.717) is 0 Å². The van der Waals surface area contributed by atoms with Crippen LogP contribution >= 0.6 is 23.5 Å². The molecule has 1 aromatic carbocycles. The Kier molecular flexibility index (Phi) is 8.04. The molecule has 0 saturated carbocycles. The van der Waals surface area contributed by atoms with Crippen LogP contribution < -0.4 is 0 Å². The Balaban J connectivity index is 2.02. The summed E-state index contributed by atoms with van der Waals surface area (Å²) >= 11 is 3.65. The van der Waals surface area contributed by atoms with Crippen molar-refractivity contribution < 1.29 is 0 Å². The lowest BCUT2D eigenvalue weighted by Crippen LogP contribution is -2.10. The van der Waals surface area contributed by atoms with Gasteiger partial charge in [0.25, 0.3) is 0 Å². The Morgan fingerprint density at radius 2 is 1.80 bits per heavy atom. The van der Waals surface area contributed by atoms with Crippen LogP contribution in [0.5, 0.6) is 0 Å². The molecule has 0 atom stereocenters. The van der Waals surface area contributed by atoms with E-state index >= 15 is 0 Å². The Bertz CT molecular complexity index is 659. The molecule has 0 aliphatic heterocycles. The van der Waals surface area contributed by atoms with Crippen LogP contribution in [-0.2, 0) is 11.2 Å². The second kappa shape index (κ2) is 10.0. The van der Waals surface area contributed by atoms with Gasteiger partial charge in [-0.2, -0.15) is 0 Å². The lowest BCUT2D eigenvalue weighted by atomic mass is 9.87. The molecule has 25 heavy (non-hydrogen) atoms. The maximum Gasteiger partial charge on any atom is 0.153 e. The topological polar surface area (TPSA) is 25.2 Å². The Hall–Kier alpha value is -1.26. The van der Waals surface area contributed by atoms with Gasteiger partial charge in [-0.1, -0.05) is 88.0 Å². The van der Waals surface area contributed by atoms with Gasteiger partial charge < -0.3 is 0 Å². The van der Waals surface area contributed by atoms with Gasteiger partial charge in [0.05, 0.1) is 0 Å². The van der Waals surface area contributed by atoms with Crippen LogP contribution in [0.2, 0.25) is 0 Å². The molecule has 0 amide bonds. The number of pyridine rings is 1. The molecule has 4 heteroatoms. The number of aromatic nitrogens is 1. The van der Waals surface area contributed by atoms with Crippen molar-refractivity contribution in [2.45, 2.75) is 51.7 Å². The Morgan fingerprint density at radius 3 is 2.40 bits per heavy atom. The minimum Gasteiger partial charge on any atom is -0.237 e. The molecule has 0 aliphatic carbocycles. The smallest absolute Gasteiger partial charge is 0.153 e. The fourth-order valence-corrected chi connectivity index (χ4v) is 4.34. The summed E-state index contributed by atoms with van der Waals surface area (Å²) in [5.41, 5.74) is 2.91. The monoisotopic (exact) mass is 372 g/mol. The third-order valence-electron chi connectivity index (χ3n) is 3.76. The van der Waals surface area contributed by atoms with Crippen LogP contribution in [0.1, 0.15) is 51.7 Å². The Morgan fingerprint density at radius 1 is 1.04 bits per heavy atom. The van der Waals surface area contributed by atoms with E-state index in [4.69, 9.17) is 4.99 Å². The van der Waals surface area contributed by atoms with Gasteiger partial charge >= 0.3 is 0 Å². The number of thioether (sulfide) groups is 2. The third kappa shape index (κ3) is 7.25. The van der Waals surface area contributed by atoms with E-state index in [-0.39, 0.29) is 5.41 Å². The number of unbranched alkanes of at least 4 members (excludes halogenated alkanes) is 1. The number of nitrogens with zero attached hydrogens (tertiary/aromatic N) is 2. The second-order valence-corrected chi connectivity index (χ2v) is 9.31. The zero-order chi connectivity index (χ0) is 18.1. The predicted octanol–water partition coefficient (Wildman–Crippen LogP) is 6.83. The van der Waals surface area contributed by atoms with Crippen molar-refractivity contribution in [1.29, 1.82) is 0 Å². The highest BCUT2D eigenvalue weighted by molar-refractivity contribution is 8.38. The maximum absolute atomic E-state index is 4.73. The predicted molar refractivity (Wildman–Crippen MR) is 115 cm³/mol. The molecule has 2 nitrogen and oxygen atoms in total. The molecule has 0 N–H and O–H groups in total. The minimum atomic E-state index is 0.202. The van der Waals surface area contributed by atoms with Crippen LogP contribution in [0, 0.1) is 0 Å². The molecule has 0 fully saturated rings. The molecule has 134 valence electrons. The zero-order valence-electron chi connectivity index (χ0n) is 15.7. The number of benzene rings is 1. The Labute approximate surface area is 160 Å². The SMILES string of the molecule is CCCCSC(=Nc1ccccn1)SCc1ccc(C(C)(C)C)cc1. The first kappa shape index (κ1) is 20.1. The first-order valence-corrected chi connectivity index (χ1v) is 10.8. The van der Waals surface area contributed by atoms with Crippen molar-refractivity contribution >= 4 is 33.7 Å². The summed E-state index contributed by atoms with van der Waals surface area (Å²) in [5.74, 6) is 2.84. The lowest BCUT2D eigenvalue weighted by Gasteiger charge is -2.19. The number of hydrogen-bond donors (Lipinski definition) is 0. The average Bonchev–Trinajstić information content (AvgIpc) is 2.60. The van der Waals surface area contributed by atoms with E-state index in [1.54, 1.807) is 18.0 Å². The van der Waals surface area contributed by atoms with Gasteiger partial charge in [-0.15, -0.1) is 0 Å². The molecule has 0 aliphatic rings. The summed E-state index contributed by atoms with van der Waals surface area (Å²) in [6, 6.07) is 14.8. The molecule has 0 bridgehead atoms. The van der Waals surface area contributed by atoms with Crippen molar-refractivity contribution in [3.05, 3.63) is 59.8 Å². The lowest BCUT2D eigenvalue weighted by molar-refractivity contribution is 0.590. The first-order valence-electron chi connectivity index (χ1n) is 8.84. The van der Waals surface area contributed by atoms with Crippen molar-refractivity contribution in [3.8, 4) is 0 Å². The minimum absolute atomic E-state index is 0.202. The number of rotatable bonds is 6. The van der Waals surface area contributed by atoms with Gasteiger partial charge in [-0.25, -0.2) is 9.98 Å². The van der Waals surface area contributed by atoms with E-state index in [1.165, 1.54) is 24.0 Å². The molecule has 2 aromatic rings. The van der Waals surface area contributed by atoms with Crippen molar-refractivity contribution in [1.82, 2.24) is 4.98 Å². The normalized spacial score (nSPS) is 12.4. The molecular formula is C21H28N2S2. The highest BCUT2D eigenvalue weighted by Gasteiger charge is 2.13. The highest BCUT2D eigenvalue weighted by Crippen LogP contribution is 2.27. The third-order valence-corrected chi connectivity index (χ3v) is 6.11. The van der Waals surface area contributed by atoms with E-state index in [2.05, 4.69) is 56.9 Å². The van der Waals surface area contributed by atoms with Gasteiger partial charge in [0.2, 0.25) is 0 Å². The standard InChI is InChI=1S/C21H28N2S2/c1-5-6-15-24-20(23-19-9-7-8-14-22-19)25-16-17-10-12-18(13-11-17)21(2,3)4/h7-14H,5-6,15-16H2,1-4H3. The quantitative estimate of drug-likeness (QED) is 0.315. The summed E-state index contributed by atoms with van der Waals surface area (Å²) in [5, 5.41) is 0. The molecule has 1 aromatic heterocycles. The maximum atomic E-state index is 4.73. The fourth-order valence-electron chi connectivity index (χ4n) is 2.17. The zero-order valence-corrected chi connectivity index (χ0v) is 17.3. The molecule has 0 unspecified atom stereocenters. The van der Waals surface area contributed by atoms with Gasteiger partial charge in [0, 0.05) is 11.9 Å². The van der Waals surface area contributed by atoms with Gasteiger partial charge in [-0.05, 0) is 40.8 Å². The summed E-state index contributed by atoms with van der Waals surface area (Å²) < 4.78 is 1.10. The summed E-state index contributed by atoms with van der Waals surface area (Å²) in [6.07, 6.45) is 4.22. The van der Waals surface area contributed by atoms with Crippen molar-refractivity contribution in [2.24, 2.45) is 4.99 Å². The molecule has 2 rings (SSSR count). The number of aliphatic imine (C=N–C) groups is 1. The molecule has 0 spiro atoms. The van der Waals surface area contributed by atoms with Crippen LogP contribution in [0.25, 0.3) is 0 Å². The van der Waals surface area contributed by atoms with Gasteiger partial charge in [-0.3, -0.25) is 0 Å². The van der Waals surface area contributed by atoms with Gasteiger partial charge in [0.15, 0.2) is 5.82 Å². The van der Waals surface area contributed by atoms with Crippen LogP contribution in [0.3, 0.4) is 0 Å². The summed E-state index contributed by atoms with van der Waals surface area (Å²) in [4.78, 5) is 9.06. The summed E-state index contributed by atoms with van der Waals surface area (Å²) in [7, 11) is 0. The molecule has 0 saturated heterocycles. The second-order valence-electron chi connectivity index (χ2n) is 7.00. The number of hydrogen-bond acceptors (Lipinski definition) is 4. The van der Waals surface area contributed by atoms with Gasteiger partial charge in [0.1, 0.15) is 4.38 Å². The van der Waals surface area contributed by atoms with E-state index in [0.717, 1.165) is 21.7 Å². The van der Waals surface area contributed by atoms with Crippen LogP contribution in [-0.4, -0.2) is 15.1 Å². The van der Waals surface area contributed by atoms with E-state index in [1.807, 2.05) is 30.0 Å². The largest absolute Gasteiger partial charge is 0.237 e.